The van der Waals surface area contributed by atoms with Gasteiger partial charge >= 0.3 is 0 Å². The van der Waals surface area contributed by atoms with Crippen molar-refractivity contribution in [3.05, 3.63) is 48.2 Å². The van der Waals surface area contributed by atoms with Crippen molar-refractivity contribution < 1.29 is 4.79 Å². The van der Waals surface area contributed by atoms with Gasteiger partial charge in [-0.3, -0.25) is 9.78 Å². The number of fused-ring (bicyclic) bond motifs is 3. The maximum absolute atomic E-state index is 12.4. The number of piperidine rings is 2. The average Bonchev–Trinajstić information content (AvgIpc) is 2.58. The second kappa shape index (κ2) is 7.14. The van der Waals surface area contributed by atoms with Gasteiger partial charge in [0, 0.05) is 36.4 Å². The molecular formula is C20H25N3O. The smallest absolute Gasteiger partial charge is 0.248 e. The maximum atomic E-state index is 12.4. The number of aromatic nitrogens is 1. The molecule has 2 fully saturated rings. The van der Waals surface area contributed by atoms with Crippen LogP contribution in [0.15, 0.2) is 48.2 Å². The molecule has 2 bridgehead atoms. The number of carbonyl (C=O) groups is 1. The summed E-state index contributed by atoms with van der Waals surface area (Å²) >= 11 is 0. The van der Waals surface area contributed by atoms with Gasteiger partial charge in [-0.25, -0.2) is 0 Å². The highest BCUT2D eigenvalue weighted by Gasteiger charge is 2.27. The van der Waals surface area contributed by atoms with Gasteiger partial charge in [-0.15, -0.1) is 0 Å². The lowest BCUT2D eigenvalue weighted by Crippen LogP contribution is -2.41. The topological polar surface area (TPSA) is 45.2 Å². The van der Waals surface area contributed by atoms with E-state index in [1.165, 1.54) is 25.0 Å². The van der Waals surface area contributed by atoms with E-state index in [0.29, 0.717) is 5.92 Å². The quantitative estimate of drug-likeness (QED) is 0.854. The van der Waals surface area contributed by atoms with Crippen LogP contribution in [0.4, 0.5) is 5.69 Å². The zero-order valence-corrected chi connectivity index (χ0v) is 13.2. The molecule has 2 unspecified atom stereocenters. The predicted molar refractivity (Wildman–Crippen MR) is 99.0 cm³/mol. The molecule has 1 N–H and O–H groups in total. The van der Waals surface area contributed by atoms with E-state index >= 15 is 0 Å². The van der Waals surface area contributed by atoms with Gasteiger partial charge in [-0.1, -0.05) is 19.1 Å². The summed E-state index contributed by atoms with van der Waals surface area (Å²) in [5.74, 6) is 0.561. The summed E-state index contributed by atoms with van der Waals surface area (Å²) in [5.41, 5.74) is 3.09. The van der Waals surface area contributed by atoms with Gasteiger partial charge in [-0.05, 0) is 56.0 Å². The van der Waals surface area contributed by atoms with Gasteiger partial charge < -0.3 is 10.2 Å². The summed E-state index contributed by atoms with van der Waals surface area (Å²) in [5, 5.41) is 4.04. The van der Waals surface area contributed by atoms with E-state index in [9.17, 15) is 4.79 Å². The zero-order valence-electron chi connectivity index (χ0n) is 13.2. The van der Waals surface area contributed by atoms with E-state index in [2.05, 4.69) is 15.2 Å². The first-order valence-electron chi connectivity index (χ1n) is 8.36. The van der Waals surface area contributed by atoms with Gasteiger partial charge in [0.25, 0.3) is 0 Å². The fraction of sp³-hybridized carbons (Fsp3) is 0.400. The summed E-state index contributed by atoms with van der Waals surface area (Å²) in [6, 6.07) is 9.75. The van der Waals surface area contributed by atoms with E-state index in [1.54, 1.807) is 6.20 Å². The lowest BCUT2D eigenvalue weighted by Gasteiger charge is -2.39. The molecule has 24 heavy (non-hydrogen) atoms. The summed E-state index contributed by atoms with van der Waals surface area (Å²) in [7, 11) is 0. The van der Waals surface area contributed by atoms with Crippen molar-refractivity contribution >= 4 is 22.5 Å². The molecule has 2 aliphatic heterocycles. The van der Waals surface area contributed by atoms with Crippen molar-refractivity contribution in [2.75, 3.05) is 25.0 Å². The van der Waals surface area contributed by atoms with Crippen molar-refractivity contribution in [1.82, 2.24) is 9.88 Å². The van der Waals surface area contributed by atoms with Crippen LogP contribution in [-0.4, -0.2) is 35.4 Å². The number of nitrogens with one attached hydrogen (secondary N) is 1. The third kappa shape index (κ3) is 3.49. The summed E-state index contributed by atoms with van der Waals surface area (Å²) in [6.07, 6.45) is 7.11. The SMILES string of the molecule is C.O=C(C=C1CCN2CCCC1C2)Nc1ccc2ncccc2c1. The minimum atomic E-state index is -0.0118. The third-order valence-electron chi connectivity index (χ3n) is 4.93. The molecule has 0 saturated carbocycles. The number of amides is 1. The van der Waals surface area contributed by atoms with Crippen molar-refractivity contribution in [2.24, 2.45) is 5.92 Å². The molecule has 0 aliphatic carbocycles. The Balaban J connectivity index is 0.00000169. The van der Waals surface area contributed by atoms with Crippen LogP contribution in [0.1, 0.15) is 26.7 Å². The van der Waals surface area contributed by atoms with Crippen LogP contribution >= 0.6 is 0 Å². The lowest BCUT2D eigenvalue weighted by atomic mass is 9.84. The summed E-state index contributed by atoms with van der Waals surface area (Å²) in [4.78, 5) is 19.2. The highest BCUT2D eigenvalue weighted by molar-refractivity contribution is 6.01. The highest BCUT2D eigenvalue weighted by atomic mass is 16.1. The number of nitrogens with zero attached hydrogens (tertiary/aromatic N) is 2. The first kappa shape index (κ1) is 16.7. The minimum Gasteiger partial charge on any atom is -0.322 e. The monoisotopic (exact) mass is 323 g/mol. The molecule has 2 atom stereocenters. The van der Waals surface area contributed by atoms with Crippen molar-refractivity contribution in [3.63, 3.8) is 0 Å². The van der Waals surface area contributed by atoms with Crippen LogP contribution in [0.25, 0.3) is 10.9 Å². The molecule has 1 aromatic heterocycles. The number of hydrogen-bond acceptors (Lipinski definition) is 3. The highest BCUT2D eigenvalue weighted by Crippen LogP contribution is 2.30. The Hall–Kier alpha value is -2.20. The minimum absolute atomic E-state index is 0. The first-order chi connectivity index (χ1) is 11.3. The zero-order chi connectivity index (χ0) is 15.6. The van der Waals surface area contributed by atoms with Gasteiger partial charge in [0.15, 0.2) is 0 Å². The molecule has 2 aromatic rings. The average molecular weight is 323 g/mol. The number of hydrogen-bond donors (Lipinski definition) is 1. The van der Waals surface area contributed by atoms with E-state index in [0.717, 1.165) is 36.1 Å². The Morgan fingerprint density at radius 1 is 1.29 bits per heavy atom. The Labute approximate surface area is 143 Å². The second-order valence-electron chi connectivity index (χ2n) is 6.51. The largest absolute Gasteiger partial charge is 0.322 e. The standard InChI is InChI=1S/C19H21N3O.CH4/c23-19(12-14-7-10-22-9-2-4-16(14)13-22)21-17-5-6-18-15(11-17)3-1-8-20-18;/h1,3,5-6,8,11-12,16H,2,4,7,9-10,13H2,(H,21,23);1H4. The van der Waals surface area contributed by atoms with E-state index < -0.39 is 0 Å². The van der Waals surface area contributed by atoms with Gasteiger partial charge in [-0.2, -0.15) is 0 Å². The van der Waals surface area contributed by atoms with Crippen LogP contribution < -0.4 is 5.32 Å². The molecule has 1 amide bonds. The van der Waals surface area contributed by atoms with Gasteiger partial charge in [0.1, 0.15) is 0 Å². The number of benzene rings is 1. The van der Waals surface area contributed by atoms with E-state index in [1.807, 2.05) is 36.4 Å². The van der Waals surface area contributed by atoms with E-state index in [4.69, 9.17) is 0 Å². The second-order valence-corrected chi connectivity index (χ2v) is 6.51. The van der Waals surface area contributed by atoms with Crippen molar-refractivity contribution in [1.29, 1.82) is 0 Å². The Morgan fingerprint density at radius 2 is 2.21 bits per heavy atom. The molecule has 1 aromatic carbocycles. The molecule has 126 valence electrons. The normalized spacial score (nSPS) is 24.4. The first-order valence-corrected chi connectivity index (χ1v) is 8.36. The third-order valence-corrected chi connectivity index (χ3v) is 4.93. The Bertz CT molecular complexity index is 768. The molecule has 0 spiro atoms. The fourth-order valence-corrected chi connectivity index (χ4v) is 3.74. The fourth-order valence-electron chi connectivity index (χ4n) is 3.74. The Morgan fingerprint density at radius 3 is 3.12 bits per heavy atom. The van der Waals surface area contributed by atoms with Crippen molar-refractivity contribution in [2.45, 2.75) is 26.7 Å². The lowest BCUT2D eigenvalue weighted by molar-refractivity contribution is -0.112. The number of pyridine rings is 1. The maximum Gasteiger partial charge on any atom is 0.248 e. The van der Waals surface area contributed by atoms with E-state index in [-0.39, 0.29) is 13.3 Å². The Kier molecular flexibility index (Phi) is 4.95. The summed E-state index contributed by atoms with van der Waals surface area (Å²) in [6.45, 7) is 3.44. The van der Waals surface area contributed by atoms with Crippen LogP contribution in [-0.2, 0) is 4.79 Å². The van der Waals surface area contributed by atoms with Gasteiger partial charge in [0.2, 0.25) is 5.91 Å². The molecule has 2 saturated heterocycles. The molecule has 3 heterocycles. The number of rotatable bonds is 2. The molecule has 2 aliphatic rings. The van der Waals surface area contributed by atoms with Crippen LogP contribution in [0.2, 0.25) is 0 Å². The molecular weight excluding hydrogens is 298 g/mol. The molecule has 4 nitrogen and oxygen atoms in total. The van der Waals surface area contributed by atoms with Gasteiger partial charge in [0.05, 0.1) is 5.52 Å². The van der Waals surface area contributed by atoms with Crippen LogP contribution in [0.5, 0.6) is 0 Å². The van der Waals surface area contributed by atoms with Crippen LogP contribution in [0.3, 0.4) is 0 Å². The summed E-state index contributed by atoms with van der Waals surface area (Å²) < 4.78 is 0. The predicted octanol–water partition coefficient (Wildman–Crippen LogP) is 3.85. The molecule has 0 radical (unpaired) electrons. The van der Waals surface area contributed by atoms with Crippen molar-refractivity contribution in [3.8, 4) is 0 Å². The number of carbonyl (C=O) groups excluding carboxylic acids is 1. The number of anilines is 1. The van der Waals surface area contributed by atoms with Crippen LogP contribution in [0, 0.1) is 5.92 Å². The molecule has 4 rings (SSSR count). The molecule has 4 heteroatoms.